The van der Waals surface area contributed by atoms with Gasteiger partial charge in [-0.2, -0.15) is 0 Å². The predicted molar refractivity (Wildman–Crippen MR) is 75.4 cm³/mol. The number of piperidine rings is 1. The Kier molecular flexibility index (Phi) is 4.66. The molecule has 1 aliphatic rings. The lowest BCUT2D eigenvalue weighted by Crippen LogP contribution is -2.45. The van der Waals surface area contributed by atoms with E-state index in [1.54, 1.807) is 12.1 Å². The van der Waals surface area contributed by atoms with Gasteiger partial charge < -0.3 is 5.32 Å². The molecule has 0 aromatic heterocycles. The van der Waals surface area contributed by atoms with E-state index in [1.165, 1.54) is 6.07 Å². The van der Waals surface area contributed by atoms with Crippen molar-refractivity contribution in [3.63, 3.8) is 0 Å². The highest BCUT2D eigenvalue weighted by Gasteiger charge is 2.23. The monoisotopic (exact) mass is 352 g/mol. The van der Waals surface area contributed by atoms with E-state index in [4.69, 9.17) is 11.6 Å². The zero-order valence-electron chi connectivity index (χ0n) is 9.62. The molecule has 1 aliphatic heterocycles. The molecule has 1 fully saturated rings. The van der Waals surface area contributed by atoms with Crippen molar-refractivity contribution in [3.05, 3.63) is 27.7 Å². The van der Waals surface area contributed by atoms with E-state index in [0.717, 1.165) is 19.4 Å². The molecule has 0 spiro atoms. The van der Waals surface area contributed by atoms with Gasteiger partial charge in [-0.05, 0) is 53.5 Å². The molecule has 7 heteroatoms. The number of benzene rings is 1. The van der Waals surface area contributed by atoms with Gasteiger partial charge >= 0.3 is 0 Å². The van der Waals surface area contributed by atoms with Crippen molar-refractivity contribution in [1.29, 1.82) is 0 Å². The van der Waals surface area contributed by atoms with Gasteiger partial charge in [0.25, 0.3) is 0 Å². The van der Waals surface area contributed by atoms with E-state index in [-0.39, 0.29) is 10.9 Å². The van der Waals surface area contributed by atoms with Crippen molar-refractivity contribution in [2.75, 3.05) is 13.1 Å². The van der Waals surface area contributed by atoms with Crippen molar-refractivity contribution in [2.45, 2.75) is 23.8 Å². The number of halogens is 2. The Hall–Kier alpha value is -0.140. The maximum absolute atomic E-state index is 12.2. The van der Waals surface area contributed by atoms with Crippen molar-refractivity contribution in [3.8, 4) is 0 Å². The quantitative estimate of drug-likeness (QED) is 0.875. The molecule has 0 saturated carbocycles. The standard InChI is InChI=1S/C11H14BrClN2O2S/c12-10-6-8(13)3-4-11(10)18(16,17)15-9-2-1-5-14-7-9/h3-4,6,9,14-15H,1-2,5,7H2. The lowest BCUT2D eigenvalue weighted by Gasteiger charge is -2.23. The molecular weight excluding hydrogens is 340 g/mol. The summed E-state index contributed by atoms with van der Waals surface area (Å²) in [5.41, 5.74) is 0. The minimum Gasteiger partial charge on any atom is -0.315 e. The van der Waals surface area contributed by atoms with Crippen LogP contribution in [0.15, 0.2) is 27.6 Å². The van der Waals surface area contributed by atoms with Crippen LogP contribution in [-0.4, -0.2) is 27.5 Å². The average molecular weight is 354 g/mol. The van der Waals surface area contributed by atoms with Gasteiger partial charge in [-0.15, -0.1) is 0 Å². The summed E-state index contributed by atoms with van der Waals surface area (Å²) in [4.78, 5) is 0.220. The van der Waals surface area contributed by atoms with Crippen LogP contribution in [-0.2, 0) is 10.0 Å². The molecule has 2 N–H and O–H groups in total. The zero-order valence-corrected chi connectivity index (χ0v) is 12.8. The Bertz CT molecular complexity index is 530. The molecule has 1 aromatic carbocycles. The minimum atomic E-state index is -3.50. The van der Waals surface area contributed by atoms with E-state index in [0.29, 0.717) is 16.0 Å². The number of sulfonamides is 1. The van der Waals surface area contributed by atoms with E-state index in [9.17, 15) is 8.42 Å². The summed E-state index contributed by atoms with van der Waals surface area (Å²) in [6.45, 7) is 1.62. The SMILES string of the molecule is O=S(=O)(NC1CCCNC1)c1ccc(Cl)cc1Br. The molecule has 1 unspecified atom stereocenters. The number of nitrogens with one attached hydrogen (secondary N) is 2. The molecule has 2 rings (SSSR count). The van der Waals surface area contributed by atoms with E-state index >= 15 is 0 Å². The highest BCUT2D eigenvalue weighted by atomic mass is 79.9. The smallest absolute Gasteiger partial charge is 0.241 e. The summed E-state index contributed by atoms with van der Waals surface area (Å²) in [6, 6.07) is 4.60. The predicted octanol–water partition coefficient (Wildman–Crippen LogP) is 2.13. The van der Waals surface area contributed by atoms with Crippen molar-refractivity contribution in [1.82, 2.24) is 10.0 Å². The Morgan fingerprint density at radius 2 is 2.22 bits per heavy atom. The van der Waals surface area contributed by atoms with Crippen LogP contribution in [0.4, 0.5) is 0 Å². The van der Waals surface area contributed by atoms with Crippen molar-refractivity contribution < 1.29 is 8.42 Å². The highest BCUT2D eigenvalue weighted by Crippen LogP contribution is 2.25. The van der Waals surface area contributed by atoms with Crippen LogP contribution in [0.3, 0.4) is 0 Å². The molecule has 0 aliphatic carbocycles. The lowest BCUT2D eigenvalue weighted by molar-refractivity contribution is 0.428. The Morgan fingerprint density at radius 3 is 2.83 bits per heavy atom. The summed E-state index contributed by atoms with van der Waals surface area (Å²) in [5.74, 6) is 0. The summed E-state index contributed by atoms with van der Waals surface area (Å²) >= 11 is 9.03. The summed E-state index contributed by atoms with van der Waals surface area (Å²) < 4.78 is 27.6. The van der Waals surface area contributed by atoms with Gasteiger partial charge in [0.1, 0.15) is 0 Å². The number of hydrogen-bond donors (Lipinski definition) is 2. The third kappa shape index (κ3) is 3.45. The third-order valence-electron chi connectivity index (χ3n) is 2.80. The van der Waals surface area contributed by atoms with E-state index in [2.05, 4.69) is 26.0 Å². The van der Waals surface area contributed by atoms with Gasteiger partial charge in [0, 0.05) is 22.1 Å². The average Bonchev–Trinajstić information content (AvgIpc) is 2.29. The summed E-state index contributed by atoms with van der Waals surface area (Å²) in [7, 11) is -3.50. The first-order valence-corrected chi connectivity index (χ1v) is 8.32. The highest BCUT2D eigenvalue weighted by molar-refractivity contribution is 9.10. The van der Waals surface area contributed by atoms with Gasteiger partial charge in [0.15, 0.2) is 0 Å². The Balaban J connectivity index is 2.19. The maximum Gasteiger partial charge on any atom is 0.241 e. The zero-order chi connectivity index (χ0) is 13.2. The second-order valence-electron chi connectivity index (χ2n) is 4.24. The first-order valence-electron chi connectivity index (χ1n) is 5.67. The summed E-state index contributed by atoms with van der Waals surface area (Å²) in [6.07, 6.45) is 1.84. The molecular formula is C11H14BrClN2O2S. The number of hydrogen-bond acceptors (Lipinski definition) is 3. The van der Waals surface area contributed by atoms with Crippen molar-refractivity contribution >= 4 is 37.6 Å². The molecule has 18 heavy (non-hydrogen) atoms. The van der Waals surface area contributed by atoms with Gasteiger partial charge in [0.05, 0.1) is 4.90 Å². The molecule has 4 nitrogen and oxygen atoms in total. The van der Waals surface area contributed by atoms with Gasteiger partial charge in [-0.1, -0.05) is 11.6 Å². The Labute approximate surface area is 120 Å². The van der Waals surface area contributed by atoms with E-state index in [1.807, 2.05) is 0 Å². The van der Waals surface area contributed by atoms with Crippen LogP contribution in [0.25, 0.3) is 0 Å². The van der Waals surface area contributed by atoms with Gasteiger partial charge in [0.2, 0.25) is 10.0 Å². The Morgan fingerprint density at radius 1 is 1.44 bits per heavy atom. The fraction of sp³-hybridized carbons (Fsp3) is 0.455. The summed E-state index contributed by atoms with van der Waals surface area (Å²) in [5, 5.41) is 3.67. The lowest BCUT2D eigenvalue weighted by atomic mass is 10.1. The van der Waals surface area contributed by atoms with Gasteiger partial charge in [-0.25, -0.2) is 13.1 Å². The normalized spacial score (nSPS) is 20.9. The molecule has 0 radical (unpaired) electrons. The van der Waals surface area contributed by atoms with Crippen LogP contribution in [0.5, 0.6) is 0 Å². The second-order valence-corrected chi connectivity index (χ2v) is 7.21. The maximum atomic E-state index is 12.2. The molecule has 1 saturated heterocycles. The first-order chi connectivity index (χ1) is 8.49. The molecule has 0 bridgehead atoms. The molecule has 0 amide bonds. The van der Waals surface area contributed by atoms with Crippen LogP contribution < -0.4 is 10.0 Å². The van der Waals surface area contributed by atoms with Crippen LogP contribution in [0.2, 0.25) is 5.02 Å². The van der Waals surface area contributed by atoms with Crippen LogP contribution in [0, 0.1) is 0 Å². The van der Waals surface area contributed by atoms with Crippen LogP contribution in [0.1, 0.15) is 12.8 Å². The van der Waals surface area contributed by atoms with Crippen molar-refractivity contribution in [2.24, 2.45) is 0 Å². The molecule has 1 aromatic rings. The minimum absolute atomic E-state index is 0.0497. The van der Waals surface area contributed by atoms with Gasteiger partial charge in [-0.3, -0.25) is 0 Å². The molecule has 1 atom stereocenters. The largest absolute Gasteiger partial charge is 0.315 e. The third-order valence-corrected chi connectivity index (χ3v) is 5.53. The first kappa shape index (κ1) is 14.3. The second kappa shape index (κ2) is 5.88. The fourth-order valence-corrected chi connectivity index (χ4v) is 4.58. The topological polar surface area (TPSA) is 58.2 Å². The van der Waals surface area contributed by atoms with E-state index < -0.39 is 10.0 Å². The molecule has 100 valence electrons. The number of rotatable bonds is 3. The fourth-order valence-electron chi connectivity index (χ4n) is 1.93. The van der Waals surface area contributed by atoms with Crippen LogP contribution >= 0.6 is 27.5 Å². The molecule has 1 heterocycles.